The molecule has 2 aliphatic rings. The second-order valence-corrected chi connectivity index (χ2v) is 7.12. The first-order chi connectivity index (χ1) is 14.1. The Morgan fingerprint density at radius 1 is 1.14 bits per heavy atom. The monoisotopic (exact) mass is 404 g/mol. The van der Waals surface area contributed by atoms with Crippen molar-refractivity contribution < 1.29 is 28.5 Å². The average molecular weight is 404 g/mol. The standard InChI is InChI=1S/C21H28N2O6/c1-22-11-7-6-8-15(22)12-29-18-10-5-4-9-17(18)23-14-28-13-16(20(24)26-2)19(23)21(25)27-3/h4-5,9-10,15H,6-8,11-14H2,1-3H3. The minimum Gasteiger partial charge on any atom is -0.490 e. The first-order valence-electron chi connectivity index (χ1n) is 9.74. The average Bonchev–Trinajstić information content (AvgIpc) is 2.77. The largest absolute Gasteiger partial charge is 0.490 e. The molecule has 2 aliphatic heterocycles. The van der Waals surface area contributed by atoms with Crippen LogP contribution in [-0.4, -0.2) is 70.6 Å². The molecule has 0 amide bonds. The van der Waals surface area contributed by atoms with E-state index in [0.717, 1.165) is 13.0 Å². The highest BCUT2D eigenvalue weighted by Crippen LogP contribution is 2.34. The van der Waals surface area contributed by atoms with Crippen molar-refractivity contribution in [1.82, 2.24) is 4.90 Å². The van der Waals surface area contributed by atoms with Gasteiger partial charge in [0.15, 0.2) is 0 Å². The Labute approximate surface area is 171 Å². The molecule has 0 spiro atoms. The van der Waals surface area contributed by atoms with Crippen LogP contribution < -0.4 is 9.64 Å². The lowest BCUT2D eigenvalue weighted by Gasteiger charge is -2.34. The van der Waals surface area contributed by atoms with E-state index in [1.165, 1.54) is 27.1 Å². The molecule has 0 aromatic heterocycles. The van der Waals surface area contributed by atoms with Crippen LogP contribution >= 0.6 is 0 Å². The minimum atomic E-state index is -0.629. The third-order valence-electron chi connectivity index (χ3n) is 5.34. The lowest BCUT2D eigenvalue weighted by Crippen LogP contribution is -2.41. The molecule has 0 bridgehead atoms. The fourth-order valence-corrected chi connectivity index (χ4v) is 3.68. The summed E-state index contributed by atoms with van der Waals surface area (Å²) in [5.41, 5.74) is 0.858. The van der Waals surface area contributed by atoms with Crippen molar-refractivity contribution in [3.05, 3.63) is 35.5 Å². The Morgan fingerprint density at radius 2 is 1.90 bits per heavy atom. The van der Waals surface area contributed by atoms with Crippen molar-refractivity contribution in [2.75, 3.05) is 52.7 Å². The Balaban J connectivity index is 1.90. The summed E-state index contributed by atoms with van der Waals surface area (Å²) in [7, 11) is 4.65. The number of carbonyl (C=O) groups is 2. The number of carbonyl (C=O) groups excluding carboxylic acids is 2. The van der Waals surface area contributed by atoms with E-state index in [1.54, 1.807) is 4.90 Å². The number of nitrogens with zero attached hydrogens (tertiary/aromatic N) is 2. The van der Waals surface area contributed by atoms with Crippen LogP contribution in [0.3, 0.4) is 0 Å². The molecular weight excluding hydrogens is 376 g/mol. The summed E-state index contributed by atoms with van der Waals surface area (Å²) in [5.74, 6) is -0.643. The molecule has 8 heteroatoms. The van der Waals surface area contributed by atoms with Gasteiger partial charge in [-0.25, -0.2) is 9.59 Å². The molecule has 1 fully saturated rings. The Kier molecular flexibility index (Phi) is 7.11. The molecule has 1 unspecified atom stereocenters. The molecule has 0 saturated carbocycles. The van der Waals surface area contributed by atoms with E-state index in [2.05, 4.69) is 11.9 Å². The van der Waals surface area contributed by atoms with E-state index >= 15 is 0 Å². The van der Waals surface area contributed by atoms with Crippen molar-refractivity contribution in [1.29, 1.82) is 0 Å². The summed E-state index contributed by atoms with van der Waals surface area (Å²) in [6.07, 6.45) is 3.49. The van der Waals surface area contributed by atoms with Gasteiger partial charge in [-0.05, 0) is 38.6 Å². The van der Waals surface area contributed by atoms with E-state index < -0.39 is 11.9 Å². The van der Waals surface area contributed by atoms with Gasteiger partial charge in [-0.1, -0.05) is 18.6 Å². The normalized spacial score (nSPS) is 20.4. The van der Waals surface area contributed by atoms with Crippen LogP contribution in [0.5, 0.6) is 5.75 Å². The number of ether oxygens (including phenoxy) is 4. The zero-order chi connectivity index (χ0) is 20.8. The lowest BCUT2D eigenvalue weighted by atomic mass is 10.0. The van der Waals surface area contributed by atoms with Gasteiger partial charge in [0.1, 0.15) is 24.8 Å². The fraction of sp³-hybridized carbons (Fsp3) is 0.524. The third-order valence-corrected chi connectivity index (χ3v) is 5.34. The van der Waals surface area contributed by atoms with Crippen LogP contribution in [0.25, 0.3) is 0 Å². The van der Waals surface area contributed by atoms with Crippen molar-refractivity contribution >= 4 is 17.6 Å². The molecule has 0 radical (unpaired) electrons. The van der Waals surface area contributed by atoms with Crippen molar-refractivity contribution in [2.24, 2.45) is 0 Å². The van der Waals surface area contributed by atoms with E-state index in [4.69, 9.17) is 18.9 Å². The zero-order valence-electron chi connectivity index (χ0n) is 17.2. The molecule has 29 heavy (non-hydrogen) atoms. The summed E-state index contributed by atoms with van der Waals surface area (Å²) in [6, 6.07) is 7.73. The highest BCUT2D eigenvalue weighted by molar-refractivity contribution is 6.03. The topological polar surface area (TPSA) is 77.5 Å². The number of hydrogen-bond acceptors (Lipinski definition) is 8. The molecule has 0 aliphatic carbocycles. The molecule has 8 nitrogen and oxygen atoms in total. The van der Waals surface area contributed by atoms with Gasteiger partial charge in [0.25, 0.3) is 0 Å². The molecule has 2 heterocycles. The molecule has 3 rings (SSSR count). The van der Waals surface area contributed by atoms with E-state index in [0.29, 0.717) is 24.1 Å². The van der Waals surface area contributed by atoms with Crippen LogP contribution in [0, 0.1) is 0 Å². The maximum absolute atomic E-state index is 12.5. The van der Waals surface area contributed by atoms with Gasteiger partial charge in [-0.2, -0.15) is 0 Å². The minimum absolute atomic E-state index is 0.0243. The summed E-state index contributed by atoms with van der Waals surface area (Å²) in [5, 5.41) is 0. The third kappa shape index (κ3) is 4.71. The molecule has 1 saturated heterocycles. The lowest BCUT2D eigenvalue weighted by molar-refractivity contribution is -0.140. The van der Waals surface area contributed by atoms with Crippen LogP contribution in [0.2, 0.25) is 0 Å². The number of benzene rings is 1. The number of esters is 2. The van der Waals surface area contributed by atoms with Crippen molar-refractivity contribution in [2.45, 2.75) is 25.3 Å². The van der Waals surface area contributed by atoms with Gasteiger partial charge in [-0.3, -0.25) is 0 Å². The molecule has 1 atom stereocenters. The predicted octanol–water partition coefficient (Wildman–Crippen LogP) is 1.94. The van der Waals surface area contributed by atoms with E-state index in [9.17, 15) is 9.59 Å². The maximum atomic E-state index is 12.5. The number of anilines is 1. The van der Waals surface area contributed by atoms with Gasteiger partial charge in [-0.15, -0.1) is 0 Å². The summed E-state index contributed by atoms with van der Waals surface area (Å²) < 4.78 is 21.5. The predicted molar refractivity (Wildman–Crippen MR) is 107 cm³/mol. The number of likely N-dealkylation sites (N-methyl/N-ethyl adjacent to an activating group) is 1. The maximum Gasteiger partial charge on any atom is 0.355 e. The summed E-state index contributed by atoms with van der Waals surface area (Å²) in [6.45, 7) is 1.68. The van der Waals surface area contributed by atoms with E-state index in [1.807, 2.05) is 24.3 Å². The number of rotatable bonds is 6. The summed E-state index contributed by atoms with van der Waals surface area (Å²) in [4.78, 5) is 28.6. The molecule has 1 aromatic carbocycles. The fourth-order valence-electron chi connectivity index (χ4n) is 3.68. The number of likely N-dealkylation sites (tertiary alicyclic amines) is 1. The van der Waals surface area contributed by atoms with Gasteiger partial charge in [0.05, 0.1) is 32.1 Å². The van der Waals surface area contributed by atoms with Crippen molar-refractivity contribution in [3.63, 3.8) is 0 Å². The van der Waals surface area contributed by atoms with Crippen LogP contribution in [0.4, 0.5) is 5.69 Å². The SMILES string of the molecule is COC(=O)C1=C(C(=O)OC)N(c2ccccc2OCC2CCCCN2C)COC1. The van der Waals surface area contributed by atoms with Crippen LogP contribution in [-0.2, 0) is 23.8 Å². The van der Waals surface area contributed by atoms with Gasteiger partial charge >= 0.3 is 11.9 Å². The highest BCUT2D eigenvalue weighted by atomic mass is 16.5. The van der Waals surface area contributed by atoms with Gasteiger partial charge in [0.2, 0.25) is 0 Å². The Morgan fingerprint density at radius 3 is 2.62 bits per heavy atom. The second-order valence-electron chi connectivity index (χ2n) is 7.12. The van der Waals surface area contributed by atoms with Crippen LogP contribution in [0.15, 0.2) is 35.5 Å². The van der Waals surface area contributed by atoms with Crippen molar-refractivity contribution in [3.8, 4) is 5.75 Å². The molecule has 1 aromatic rings. The number of hydrogen-bond donors (Lipinski definition) is 0. The Bertz CT molecular complexity index is 778. The van der Waals surface area contributed by atoms with Crippen LogP contribution in [0.1, 0.15) is 19.3 Å². The molecular formula is C21H28N2O6. The highest BCUT2D eigenvalue weighted by Gasteiger charge is 2.33. The van der Waals surface area contributed by atoms with Gasteiger partial charge in [0, 0.05) is 6.04 Å². The zero-order valence-corrected chi connectivity index (χ0v) is 17.2. The first kappa shape index (κ1) is 21.1. The first-order valence-corrected chi connectivity index (χ1v) is 9.74. The number of para-hydroxylation sites is 2. The molecule has 0 N–H and O–H groups in total. The van der Waals surface area contributed by atoms with Gasteiger partial charge < -0.3 is 28.7 Å². The molecule has 158 valence electrons. The second kappa shape index (κ2) is 9.76. The van der Waals surface area contributed by atoms with E-state index in [-0.39, 0.29) is 24.6 Å². The number of piperidine rings is 1. The Hall–Kier alpha value is -2.58. The smallest absolute Gasteiger partial charge is 0.355 e. The summed E-state index contributed by atoms with van der Waals surface area (Å²) >= 11 is 0. The number of methoxy groups -OCH3 is 2. The quantitative estimate of drug-likeness (QED) is 0.666.